The molecule has 0 atom stereocenters. The summed E-state index contributed by atoms with van der Waals surface area (Å²) in [5, 5.41) is 1.26. The van der Waals surface area contributed by atoms with E-state index in [1.807, 2.05) is 29.2 Å². The molecule has 4 rings (SSSR count). The van der Waals surface area contributed by atoms with Gasteiger partial charge in [0.25, 0.3) is 0 Å². The Morgan fingerprint density at radius 3 is 2.71 bits per heavy atom. The van der Waals surface area contributed by atoms with Crippen molar-refractivity contribution in [3.05, 3.63) is 54.1 Å². The summed E-state index contributed by atoms with van der Waals surface area (Å²) in [5.74, 6) is 0.0944. The highest BCUT2D eigenvalue weighted by molar-refractivity contribution is 6.00. The van der Waals surface area contributed by atoms with Crippen LogP contribution in [-0.4, -0.2) is 17.4 Å². The van der Waals surface area contributed by atoms with Gasteiger partial charge in [0.15, 0.2) is 0 Å². The number of amides is 1. The summed E-state index contributed by atoms with van der Waals surface area (Å²) >= 11 is 0. The number of fused-ring (bicyclic) bond motifs is 5. The largest absolute Gasteiger partial charge is 0.354 e. The van der Waals surface area contributed by atoms with Crippen LogP contribution >= 0.6 is 0 Å². The molecular weight excluding hydrogens is 260 g/mol. The molecule has 0 saturated carbocycles. The number of hydrogen-bond donors (Lipinski definition) is 1. The van der Waals surface area contributed by atoms with Crippen molar-refractivity contribution in [2.45, 2.75) is 13.3 Å². The fourth-order valence-corrected chi connectivity index (χ4v) is 3.28. The summed E-state index contributed by atoms with van der Waals surface area (Å²) < 4.78 is 0. The number of carbonyl (C=O) groups is 1. The van der Waals surface area contributed by atoms with Crippen LogP contribution in [0.4, 0.5) is 5.69 Å². The predicted octanol–water partition coefficient (Wildman–Crippen LogP) is 3.74. The smallest absolute Gasteiger partial charge is 0.223 e. The molecule has 0 spiro atoms. The maximum atomic E-state index is 12.0. The topological polar surface area (TPSA) is 36.1 Å². The van der Waals surface area contributed by atoms with E-state index in [4.69, 9.17) is 0 Å². The zero-order valence-electron chi connectivity index (χ0n) is 11.9. The molecule has 3 aromatic rings. The van der Waals surface area contributed by atoms with Crippen LogP contribution < -0.4 is 4.90 Å². The number of carbonyl (C=O) groups excluding carboxylic acids is 1. The molecule has 2 heterocycles. The lowest BCUT2D eigenvalue weighted by Crippen LogP contribution is -2.30. The molecule has 0 fully saturated rings. The molecule has 0 unspecified atom stereocenters. The molecule has 3 heteroatoms. The first-order chi connectivity index (χ1) is 10.3. The molecule has 0 bridgehead atoms. The third-order valence-electron chi connectivity index (χ3n) is 4.24. The fourth-order valence-electron chi connectivity index (χ4n) is 3.28. The number of benzene rings is 2. The van der Waals surface area contributed by atoms with Crippen LogP contribution in [0.5, 0.6) is 0 Å². The average molecular weight is 276 g/mol. The first-order valence-electron chi connectivity index (χ1n) is 7.23. The van der Waals surface area contributed by atoms with E-state index >= 15 is 0 Å². The van der Waals surface area contributed by atoms with E-state index in [1.165, 1.54) is 10.9 Å². The molecule has 1 N–H and O–H groups in total. The number of anilines is 1. The van der Waals surface area contributed by atoms with E-state index in [0.717, 1.165) is 35.4 Å². The molecule has 1 aliphatic heterocycles. The molecule has 104 valence electrons. The molecule has 1 amide bonds. The van der Waals surface area contributed by atoms with Crippen LogP contribution in [0.2, 0.25) is 0 Å². The third kappa shape index (κ3) is 1.77. The zero-order chi connectivity index (χ0) is 14.4. The summed E-state index contributed by atoms with van der Waals surface area (Å²) in [5.41, 5.74) is 5.72. The molecule has 0 radical (unpaired) electrons. The summed E-state index contributed by atoms with van der Waals surface area (Å²) in [7, 11) is 0. The molecule has 0 saturated heterocycles. The number of para-hydroxylation sites is 2. The van der Waals surface area contributed by atoms with Crippen molar-refractivity contribution in [1.29, 1.82) is 0 Å². The lowest BCUT2D eigenvalue weighted by Gasteiger charge is -2.21. The Hall–Kier alpha value is -2.55. The summed E-state index contributed by atoms with van der Waals surface area (Å²) in [6.45, 7) is 2.36. The quantitative estimate of drug-likeness (QED) is 0.667. The van der Waals surface area contributed by atoms with Gasteiger partial charge in [-0.05, 0) is 24.1 Å². The van der Waals surface area contributed by atoms with Gasteiger partial charge in [0.05, 0.1) is 11.4 Å². The van der Waals surface area contributed by atoms with E-state index in [2.05, 4.69) is 29.2 Å². The van der Waals surface area contributed by atoms with Gasteiger partial charge in [-0.1, -0.05) is 36.4 Å². The number of aromatic nitrogens is 1. The Morgan fingerprint density at radius 2 is 1.86 bits per heavy atom. The van der Waals surface area contributed by atoms with Crippen molar-refractivity contribution in [2.75, 3.05) is 11.4 Å². The van der Waals surface area contributed by atoms with Crippen LogP contribution in [-0.2, 0) is 11.2 Å². The standard InChI is InChI=1S/C18H16N2O/c1-12(21)20-11-10-14-13-6-2-4-8-16(13)19-18(14)15-7-3-5-9-17(15)20/h2-9,19H,10-11H2,1H3. The van der Waals surface area contributed by atoms with Gasteiger partial charge in [0.1, 0.15) is 0 Å². The molecule has 1 aromatic heterocycles. The Kier molecular flexibility index (Phi) is 2.61. The fraction of sp³-hybridized carbons (Fsp3) is 0.167. The number of hydrogen-bond acceptors (Lipinski definition) is 1. The normalized spacial score (nSPS) is 13.7. The molecule has 21 heavy (non-hydrogen) atoms. The van der Waals surface area contributed by atoms with E-state index < -0.39 is 0 Å². The summed E-state index contributed by atoms with van der Waals surface area (Å²) in [4.78, 5) is 17.4. The van der Waals surface area contributed by atoms with Crippen LogP contribution in [0.3, 0.4) is 0 Å². The zero-order valence-corrected chi connectivity index (χ0v) is 11.9. The third-order valence-corrected chi connectivity index (χ3v) is 4.24. The van der Waals surface area contributed by atoms with Gasteiger partial charge in [0, 0.05) is 29.9 Å². The SMILES string of the molecule is CC(=O)N1CCc2c([nH]c3ccccc23)-c2ccccc21. The van der Waals surface area contributed by atoms with Crippen molar-refractivity contribution in [3.8, 4) is 11.3 Å². The van der Waals surface area contributed by atoms with Gasteiger partial charge in [-0.3, -0.25) is 4.79 Å². The predicted molar refractivity (Wildman–Crippen MR) is 85.5 cm³/mol. The van der Waals surface area contributed by atoms with Crippen molar-refractivity contribution < 1.29 is 4.79 Å². The van der Waals surface area contributed by atoms with Crippen LogP contribution in [0.15, 0.2) is 48.5 Å². The number of nitrogens with zero attached hydrogens (tertiary/aromatic N) is 1. The van der Waals surface area contributed by atoms with E-state index in [9.17, 15) is 4.79 Å². The minimum Gasteiger partial charge on any atom is -0.354 e. The van der Waals surface area contributed by atoms with Gasteiger partial charge in [-0.15, -0.1) is 0 Å². The van der Waals surface area contributed by atoms with Crippen molar-refractivity contribution in [2.24, 2.45) is 0 Å². The summed E-state index contributed by atoms with van der Waals surface area (Å²) in [6, 6.07) is 16.5. The van der Waals surface area contributed by atoms with Gasteiger partial charge >= 0.3 is 0 Å². The highest BCUT2D eigenvalue weighted by atomic mass is 16.2. The second-order valence-corrected chi connectivity index (χ2v) is 5.46. The van der Waals surface area contributed by atoms with E-state index in [-0.39, 0.29) is 5.91 Å². The highest BCUT2D eigenvalue weighted by Gasteiger charge is 2.24. The monoisotopic (exact) mass is 276 g/mol. The van der Waals surface area contributed by atoms with E-state index in [1.54, 1.807) is 6.92 Å². The van der Waals surface area contributed by atoms with Gasteiger partial charge in [-0.2, -0.15) is 0 Å². The average Bonchev–Trinajstić information content (AvgIpc) is 2.78. The number of rotatable bonds is 0. The summed E-state index contributed by atoms with van der Waals surface area (Å²) in [6.07, 6.45) is 0.869. The van der Waals surface area contributed by atoms with E-state index in [0.29, 0.717) is 0 Å². The first-order valence-corrected chi connectivity index (χ1v) is 7.23. The maximum Gasteiger partial charge on any atom is 0.223 e. The van der Waals surface area contributed by atoms with Gasteiger partial charge in [0.2, 0.25) is 5.91 Å². The maximum absolute atomic E-state index is 12.0. The number of aromatic amines is 1. The second-order valence-electron chi connectivity index (χ2n) is 5.46. The van der Waals surface area contributed by atoms with Crippen LogP contribution in [0.25, 0.3) is 22.2 Å². The molecular formula is C18H16N2O. The molecule has 1 aliphatic rings. The van der Waals surface area contributed by atoms with Crippen molar-refractivity contribution in [1.82, 2.24) is 4.98 Å². The highest BCUT2D eigenvalue weighted by Crippen LogP contribution is 2.39. The lowest BCUT2D eigenvalue weighted by atomic mass is 10.0. The van der Waals surface area contributed by atoms with Gasteiger partial charge in [-0.25, -0.2) is 0 Å². The Labute approximate surface area is 123 Å². The molecule has 2 aromatic carbocycles. The van der Waals surface area contributed by atoms with Crippen LogP contribution in [0.1, 0.15) is 12.5 Å². The number of H-pyrrole nitrogens is 1. The van der Waals surface area contributed by atoms with Crippen LogP contribution in [0, 0.1) is 0 Å². The molecule has 3 nitrogen and oxygen atoms in total. The van der Waals surface area contributed by atoms with Crippen molar-refractivity contribution in [3.63, 3.8) is 0 Å². The Bertz CT molecular complexity index is 847. The van der Waals surface area contributed by atoms with Gasteiger partial charge < -0.3 is 9.88 Å². The minimum absolute atomic E-state index is 0.0944. The van der Waals surface area contributed by atoms with Crippen molar-refractivity contribution >= 4 is 22.5 Å². The molecule has 0 aliphatic carbocycles. The number of nitrogens with one attached hydrogen (secondary N) is 1. The Morgan fingerprint density at radius 1 is 1.10 bits per heavy atom. The second kappa shape index (κ2) is 4.48. The Balaban J connectivity index is 2.03. The first kappa shape index (κ1) is 12.2. The minimum atomic E-state index is 0.0944. The lowest BCUT2D eigenvalue weighted by molar-refractivity contribution is -0.116.